The standard InChI is InChI=1S/C23H22O6/c1-12(2)5-4-9-23(3)10-8-13-16(29-23)11-17-19(20(13)26)21(27)18-14(24)6-7-15(25)22(18)28-17/h5-8,10-11,24-26H,4,9H2,1-3H3/t23-/m1/s1. The van der Waals surface area contributed by atoms with Gasteiger partial charge in [0.25, 0.3) is 0 Å². The topological polar surface area (TPSA) is 100 Å². The molecular formula is C23H22O6. The van der Waals surface area contributed by atoms with Crippen molar-refractivity contribution in [3.05, 3.63) is 51.7 Å². The zero-order valence-electron chi connectivity index (χ0n) is 16.4. The highest BCUT2D eigenvalue weighted by molar-refractivity contribution is 6.00. The van der Waals surface area contributed by atoms with Crippen LogP contribution in [0, 0.1) is 0 Å². The third kappa shape index (κ3) is 3.10. The Morgan fingerprint density at radius 2 is 1.86 bits per heavy atom. The second kappa shape index (κ2) is 6.58. The monoisotopic (exact) mass is 394 g/mol. The van der Waals surface area contributed by atoms with Crippen molar-refractivity contribution in [2.24, 2.45) is 0 Å². The van der Waals surface area contributed by atoms with Crippen LogP contribution in [-0.2, 0) is 0 Å². The molecule has 3 aromatic rings. The number of hydrogen-bond acceptors (Lipinski definition) is 6. The van der Waals surface area contributed by atoms with E-state index in [0.29, 0.717) is 11.3 Å². The Labute approximate surface area is 167 Å². The van der Waals surface area contributed by atoms with Gasteiger partial charge in [0.1, 0.15) is 39.2 Å². The summed E-state index contributed by atoms with van der Waals surface area (Å²) in [7, 11) is 0. The lowest BCUT2D eigenvalue weighted by atomic mass is 9.93. The van der Waals surface area contributed by atoms with Gasteiger partial charge in [0.15, 0.2) is 11.3 Å². The van der Waals surface area contributed by atoms with Gasteiger partial charge in [0, 0.05) is 6.07 Å². The Bertz CT molecular complexity index is 1260. The summed E-state index contributed by atoms with van der Waals surface area (Å²) in [5, 5.41) is 30.6. The lowest BCUT2D eigenvalue weighted by Gasteiger charge is -2.32. The van der Waals surface area contributed by atoms with Gasteiger partial charge in [-0.05, 0) is 57.9 Å². The maximum atomic E-state index is 12.9. The molecule has 29 heavy (non-hydrogen) atoms. The van der Waals surface area contributed by atoms with Gasteiger partial charge < -0.3 is 24.5 Å². The second-order valence-corrected chi connectivity index (χ2v) is 7.82. The third-order valence-corrected chi connectivity index (χ3v) is 5.19. The average molecular weight is 394 g/mol. The molecule has 0 saturated carbocycles. The Kier molecular flexibility index (Phi) is 4.30. The molecule has 1 aliphatic heterocycles. The zero-order chi connectivity index (χ0) is 20.9. The number of hydrogen-bond donors (Lipinski definition) is 3. The molecular weight excluding hydrogens is 372 g/mol. The van der Waals surface area contributed by atoms with Crippen LogP contribution in [0.25, 0.3) is 28.0 Å². The molecule has 0 bridgehead atoms. The first kappa shape index (κ1) is 18.9. The van der Waals surface area contributed by atoms with E-state index in [9.17, 15) is 20.1 Å². The summed E-state index contributed by atoms with van der Waals surface area (Å²) in [6, 6.07) is 3.98. The number of aromatic hydroxyl groups is 3. The minimum atomic E-state index is -0.625. The van der Waals surface area contributed by atoms with Crippen molar-refractivity contribution in [3.8, 4) is 23.0 Å². The van der Waals surface area contributed by atoms with Gasteiger partial charge in [0.05, 0.1) is 5.56 Å². The minimum absolute atomic E-state index is 0.0708. The van der Waals surface area contributed by atoms with E-state index >= 15 is 0 Å². The molecule has 6 heteroatoms. The maximum absolute atomic E-state index is 12.9. The van der Waals surface area contributed by atoms with Crippen molar-refractivity contribution >= 4 is 28.0 Å². The highest BCUT2D eigenvalue weighted by atomic mass is 16.5. The molecule has 150 valence electrons. The number of rotatable bonds is 3. The maximum Gasteiger partial charge on any atom is 0.208 e. The summed E-state index contributed by atoms with van der Waals surface area (Å²) in [6.45, 7) is 6.03. The van der Waals surface area contributed by atoms with Crippen LogP contribution in [0.4, 0.5) is 0 Å². The van der Waals surface area contributed by atoms with Crippen LogP contribution in [0.2, 0.25) is 0 Å². The molecule has 0 spiro atoms. The van der Waals surface area contributed by atoms with E-state index in [0.717, 1.165) is 12.8 Å². The van der Waals surface area contributed by atoms with Crippen LogP contribution >= 0.6 is 0 Å². The number of benzene rings is 2. The smallest absolute Gasteiger partial charge is 0.208 e. The van der Waals surface area contributed by atoms with Gasteiger partial charge >= 0.3 is 0 Å². The molecule has 0 amide bonds. The molecule has 0 fully saturated rings. The van der Waals surface area contributed by atoms with Crippen LogP contribution in [-0.4, -0.2) is 20.9 Å². The molecule has 0 saturated heterocycles. The SMILES string of the molecule is CC(C)=CCC[C@]1(C)C=Cc2c(cc3oc4c(O)ccc(O)c4c(=O)c3c2O)O1. The van der Waals surface area contributed by atoms with Crippen LogP contribution in [0.3, 0.4) is 0 Å². The summed E-state index contributed by atoms with van der Waals surface area (Å²) in [5.74, 6) is -0.497. The molecule has 1 atom stereocenters. The molecule has 0 unspecified atom stereocenters. The predicted molar refractivity (Wildman–Crippen MR) is 112 cm³/mol. The van der Waals surface area contributed by atoms with Gasteiger partial charge in [-0.1, -0.05) is 11.6 Å². The van der Waals surface area contributed by atoms with Crippen molar-refractivity contribution in [1.82, 2.24) is 0 Å². The van der Waals surface area contributed by atoms with Crippen molar-refractivity contribution in [2.75, 3.05) is 0 Å². The fourth-order valence-corrected chi connectivity index (χ4v) is 3.63. The average Bonchev–Trinajstić information content (AvgIpc) is 2.64. The highest BCUT2D eigenvalue weighted by Gasteiger charge is 2.30. The first-order valence-electron chi connectivity index (χ1n) is 9.39. The van der Waals surface area contributed by atoms with Crippen molar-refractivity contribution in [1.29, 1.82) is 0 Å². The lowest BCUT2D eigenvalue weighted by Crippen LogP contribution is -2.31. The summed E-state index contributed by atoms with van der Waals surface area (Å²) in [4.78, 5) is 12.9. The van der Waals surface area contributed by atoms with E-state index < -0.39 is 11.0 Å². The Morgan fingerprint density at radius 3 is 2.59 bits per heavy atom. The molecule has 2 heterocycles. The first-order chi connectivity index (χ1) is 13.7. The molecule has 0 aliphatic carbocycles. The van der Waals surface area contributed by atoms with Crippen LogP contribution < -0.4 is 10.2 Å². The summed E-state index contributed by atoms with van der Waals surface area (Å²) in [6.07, 6.45) is 7.32. The normalized spacial score (nSPS) is 17.9. The molecule has 1 aliphatic rings. The lowest BCUT2D eigenvalue weighted by molar-refractivity contribution is 0.128. The Balaban J connectivity index is 1.89. The summed E-state index contributed by atoms with van der Waals surface area (Å²) < 4.78 is 11.8. The van der Waals surface area contributed by atoms with E-state index in [2.05, 4.69) is 6.08 Å². The number of ether oxygens (including phenoxy) is 1. The largest absolute Gasteiger partial charge is 0.507 e. The summed E-state index contributed by atoms with van der Waals surface area (Å²) in [5.41, 5.74) is 0.343. The predicted octanol–water partition coefficient (Wildman–Crippen LogP) is 4.97. The number of phenolic OH excluding ortho intramolecular Hbond substituents is 3. The van der Waals surface area contributed by atoms with Gasteiger partial charge in [-0.15, -0.1) is 0 Å². The molecule has 6 nitrogen and oxygen atoms in total. The second-order valence-electron chi connectivity index (χ2n) is 7.82. The van der Waals surface area contributed by atoms with Crippen LogP contribution in [0.5, 0.6) is 23.0 Å². The molecule has 0 radical (unpaired) electrons. The fourth-order valence-electron chi connectivity index (χ4n) is 3.63. The van der Waals surface area contributed by atoms with Crippen LogP contribution in [0.1, 0.15) is 39.2 Å². The fraction of sp³-hybridized carbons (Fsp3) is 0.261. The zero-order valence-corrected chi connectivity index (χ0v) is 16.4. The molecule has 2 aromatic carbocycles. The molecule has 3 N–H and O–H groups in total. The van der Waals surface area contributed by atoms with Gasteiger partial charge in [-0.3, -0.25) is 4.79 Å². The highest BCUT2D eigenvalue weighted by Crippen LogP contribution is 2.43. The number of fused-ring (bicyclic) bond motifs is 3. The van der Waals surface area contributed by atoms with Crippen molar-refractivity contribution in [2.45, 2.75) is 39.2 Å². The Morgan fingerprint density at radius 1 is 1.14 bits per heavy atom. The van der Waals surface area contributed by atoms with E-state index in [4.69, 9.17) is 9.15 Å². The number of allylic oxidation sites excluding steroid dienone is 2. The number of phenols is 3. The third-order valence-electron chi connectivity index (χ3n) is 5.19. The van der Waals surface area contributed by atoms with E-state index in [1.54, 1.807) is 6.08 Å². The molecule has 4 rings (SSSR count). The minimum Gasteiger partial charge on any atom is -0.507 e. The van der Waals surface area contributed by atoms with Gasteiger partial charge in [0.2, 0.25) is 5.43 Å². The summed E-state index contributed by atoms with van der Waals surface area (Å²) >= 11 is 0. The molecule has 1 aromatic heterocycles. The quantitative estimate of drug-likeness (QED) is 0.329. The van der Waals surface area contributed by atoms with E-state index in [1.165, 1.54) is 23.8 Å². The van der Waals surface area contributed by atoms with E-state index in [1.807, 2.05) is 26.8 Å². The van der Waals surface area contributed by atoms with E-state index in [-0.39, 0.29) is 39.2 Å². The Hall–Kier alpha value is -3.41. The van der Waals surface area contributed by atoms with Gasteiger partial charge in [-0.25, -0.2) is 0 Å². The van der Waals surface area contributed by atoms with Crippen LogP contribution in [0.15, 0.2) is 45.1 Å². The van der Waals surface area contributed by atoms with Crippen molar-refractivity contribution in [3.63, 3.8) is 0 Å². The first-order valence-corrected chi connectivity index (χ1v) is 9.39. The van der Waals surface area contributed by atoms with Crippen molar-refractivity contribution < 1.29 is 24.5 Å². The van der Waals surface area contributed by atoms with Gasteiger partial charge in [-0.2, -0.15) is 0 Å².